The highest BCUT2D eigenvalue weighted by Crippen LogP contribution is 2.33. The fraction of sp³-hybridized carbons (Fsp3) is 0.143. The average molecular weight is 273 g/mol. The Morgan fingerprint density at radius 1 is 1.26 bits per heavy atom. The molecule has 5 heteroatoms. The van der Waals surface area contributed by atoms with Gasteiger partial charge in [-0.1, -0.05) is 18.2 Å². The average Bonchev–Trinajstić information content (AvgIpc) is 3.05. The molecule has 1 aromatic carbocycles. The topological polar surface area (TPSA) is 57.6 Å². The summed E-state index contributed by atoms with van der Waals surface area (Å²) in [5.74, 6) is -1.22. The number of carbonyl (C=O) groups is 2. The molecule has 0 saturated heterocycles. The van der Waals surface area contributed by atoms with Crippen LogP contribution in [0.15, 0.2) is 41.1 Å². The highest BCUT2D eigenvalue weighted by atomic mass is 32.1. The molecule has 1 aromatic heterocycles. The van der Waals surface area contributed by atoms with Crippen LogP contribution in [0.2, 0.25) is 0 Å². The second kappa shape index (κ2) is 4.51. The van der Waals surface area contributed by atoms with Gasteiger partial charge in [-0.25, -0.2) is 4.79 Å². The maximum Gasteiger partial charge on any atom is 0.327 e. The summed E-state index contributed by atoms with van der Waals surface area (Å²) in [4.78, 5) is 25.2. The van der Waals surface area contributed by atoms with Gasteiger partial charge >= 0.3 is 5.97 Å². The van der Waals surface area contributed by atoms with Gasteiger partial charge in [0.2, 0.25) is 0 Å². The fourth-order valence-electron chi connectivity index (χ4n) is 2.36. The van der Waals surface area contributed by atoms with Crippen molar-refractivity contribution in [1.82, 2.24) is 0 Å². The summed E-state index contributed by atoms with van der Waals surface area (Å²) >= 11 is 1.42. The molecule has 2 aromatic rings. The lowest BCUT2D eigenvalue weighted by Crippen LogP contribution is -2.42. The summed E-state index contributed by atoms with van der Waals surface area (Å²) in [6.07, 6.45) is 0.362. The van der Waals surface area contributed by atoms with E-state index in [4.69, 9.17) is 0 Å². The van der Waals surface area contributed by atoms with Crippen LogP contribution in [0.4, 0.5) is 5.69 Å². The van der Waals surface area contributed by atoms with Gasteiger partial charge in [-0.15, -0.1) is 0 Å². The molecular formula is C14H11NO3S. The zero-order valence-corrected chi connectivity index (χ0v) is 10.8. The van der Waals surface area contributed by atoms with Gasteiger partial charge in [-0.3, -0.25) is 9.69 Å². The van der Waals surface area contributed by atoms with Crippen molar-refractivity contribution in [3.63, 3.8) is 0 Å². The van der Waals surface area contributed by atoms with Crippen LogP contribution in [-0.4, -0.2) is 23.0 Å². The number of carboxylic acids is 1. The third kappa shape index (κ3) is 1.92. The molecule has 1 unspecified atom stereocenters. The Morgan fingerprint density at radius 2 is 2.05 bits per heavy atom. The normalized spacial score (nSPS) is 17.3. The van der Waals surface area contributed by atoms with Gasteiger partial charge < -0.3 is 5.11 Å². The third-order valence-corrected chi connectivity index (χ3v) is 3.93. The minimum absolute atomic E-state index is 0.251. The van der Waals surface area contributed by atoms with Gasteiger partial charge in [0.05, 0.1) is 5.56 Å². The van der Waals surface area contributed by atoms with E-state index in [0.717, 1.165) is 5.56 Å². The molecule has 1 atom stereocenters. The van der Waals surface area contributed by atoms with Crippen molar-refractivity contribution in [2.45, 2.75) is 12.5 Å². The molecule has 1 aliphatic rings. The number of anilines is 1. The first-order valence-electron chi connectivity index (χ1n) is 5.85. The first-order valence-corrected chi connectivity index (χ1v) is 6.79. The Hall–Kier alpha value is -2.14. The molecule has 0 radical (unpaired) electrons. The van der Waals surface area contributed by atoms with Gasteiger partial charge in [-0.2, -0.15) is 11.3 Å². The molecule has 3 rings (SSSR count). The Bertz CT molecular complexity index is 636. The Labute approximate surface area is 113 Å². The molecule has 2 heterocycles. The van der Waals surface area contributed by atoms with Crippen LogP contribution < -0.4 is 4.90 Å². The number of amides is 1. The Kier molecular flexibility index (Phi) is 2.83. The maximum absolute atomic E-state index is 12.5. The van der Waals surface area contributed by atoms with Crippen molar-refractivity contribution in [3.05, 3.63) is 52.2 Å². The van der Waals surface area contributed by atoms with Crippen molar-refractivity contribution in [1.29, 1.82) is 0 Å². The number of hydrogen-bond acceptors (Lipinski definition) is 3. The predicted octanol–water partition coefficient (Wildman–Crippen LogP) is 2.40. The number of nitrogens with zero attached hydrogens (tertiary/aromatic N) is 1. The highest BCUT2D eigenvalue weighted by molar-refractivity contribution is 7.08. The zero-order valence-electron chi connectivity index (χ0n) is 9.95. The molecule has 0 spiro atoms. The first-order chi connectivity index (χ1) is 9.18. The quantitative estimate of drug-likeness (QED) is 0.914. The smallest absolute Gasteiger partial charge is 0.327 e. The lowest BCUT2D eigenvalue weighted by molar-refractivity contribution is -0.138. The summed E-state index contributed by atoms with van der Waals surface area (Å²) < 4.78 is 0. The first kappa shape index (κ1) is 11.9. The van der Waals surface area contributed by atoms with Crippen molar-refractivity contribution in [2.24, 2.45) is 0 Å². The number of thiophene rings is 1. The van der Waals surface area contributed by atoms with Crippen LogP contribution in [0.3, 0.4) is 0 Å². The summed E-state index contributed by atoms with van der Waals surface area (Å²) in [6, 6.07) is 8.24. The largest absolute Gasteiger partial charge is 0.480 e. The second-order valence-corrected chi connectivity index (χ2v) is 5.15. The van der Waals surface area contributed by atoms with E-state index in [1.165, 1.54) is 16.2 Å². The molecule has 0 bridgehead atoms. The van der Waals surface area contributed by atoms with Crippen molar-refractivity contribution >= 4 is 28.9 Å². The van der Waals surface area contributed by atoms with E-state index in [9.17, 15) is 14.7 Å². The van der Waals surface area contributed by atoms with Gasteiger partial charge in [0.15, 0.2) is 0 Å². The number of rotatable bonds is 2. The van der Waals surface area contributed by atoms with Crippen molar-refractivity contribution < 1.29 is 14.7 Å². The highest BCUT2D eigenvalue weighted by Gasteiger charge is 2.38. The predicted molar refractivity (Wildman–Crippen MR) is 72.7 cm³/mol. The van der Waals surface area contributed by atoms with Crippen molar-refractivity contribution in [2.75, 3.05) is 4.90 Å². The van der Waals surface area contributed by atoms with Crippen LogP contribution in [0.1, 0.15) is 15.9 Å². The molecule has 1 N–H and O–H groups in total. The molecule has 19 heavy (non-hydrogen) atoms. The van der Waals surface area contributed by atoms with Gasteiger partial charge in [0, 0.05) is 17.5 Å². The van der Waals surface area contributed by atoms with E-state index in [1.807, 2.05) is 23.6 Å². The monoisotopic (exact) mass is 273 g/mol. The molecule has 0 fully saturated rings. The molecule has 96 valence electrons. The van der Waals surface area contributed by atoms with Gasteiger partial charge in [0.25, 0.3) is 5.91 Å². The van der Waals surface area contributed by atoms with Crippen molar-refractivity contribution in [3.8, 4) is 0 Å². The van der Waals surface area contributed by atoms with Crippen LogP contribution >= 0.6 is 11.3 Å². The number of carbonyl (C=O) groups excluding carboxylic acids is 1. The van der Waals surface area contributed by atoms with E-state index < -0.39 is 12.0 Å². The number of carboxylic acid groups (broad SMARTS) is 1. The molecule has 0 saturated carbocycles. The van der Waals surface area contributed by atoms with Crippen LogP contribution in [0.5, 0.6) is 0 Å². The van der Waals surface area contributed by atoms with E-state index in [0.29, 0.717) is 17.7 Å². The number of benzene rings is 1. The Morgan fingerprint density at radius 3 is 2.74 bits per heavy atom. The number of hydrogen-bond donors (Lipinski definition) is 1. The summed E-state index contributed by atoms with van der Waals surface area (Å²) in [6.45, 7) is 0. The van der Waals surface area contributed by atoms with E-state index >= 15 is 0 Å². The molecule has 1 aliphatic heterocycles. The lowest BCUT2D eigenvalue weighted by Gasteiger charge is -2.22. The summed E-state index contributed by atoms with van der Waals surface area (Å²) in [7, 11) is 0. The van der Waals surface area contributed by atoms with E-state index in [-0.39, 0.29) is 5.91 Å². The zero-order chi connectivity index (χ0) is 13.4. The molecule has 1 amide bonds. The summed E-state index contributed by atoms with van der Waals surface area (Å²) in [5.41, 5.74) is 2.14. The number of para-hydroxylation sites is 1. The SMILES string of the molecule is O=C(O)C1Cc2ccccc2N1C(=O)c1ccsc1. The van der Waals surface area contributed by atoms with E-state index in [1.54, 1.807) is 17.5 Å². The standard InChI is InChI=1S/C14H11NO3S/c16-13(10-5-6-19-8-10)15-11-4-2-1-3-9(11)7-12(15)14(17)18/h1-6,8,12H,7H2,(H,17,18). The minimum atomic E-state index is -0.972. The van der Waals surface area contributed by atoms with Crippen LogP contribution in [-0.2, 0) is 11.2 Å². The fourth-order valence-corrected chi connectivity index (χ4v) is 2.99. The molecule has 4 nitrogen and oxygen atoms in total. The molecular weight excluding hydrogens is 262 g/mol. The van der Waals surface area contributed by atoms with Crippen LogP contribution in [0, 0.1) is 0 Å². The van der Waals surface area contributed by atoms with Crippen LogP contribution in [0.25, 0.3) is 0 Å². The second-order valence-electron chi connectivity index (χ2n) is 4.37. The third-order valence-electron chi connectivity index (χ3n) is 3.25. The number of aliphatic carboxylic acids is 1. The lowest BCUT2D eigenvalue weighted by atomic mass is 10.1. The van der Waals surface area contributed by atoms with Gasteiger partial charge in [-0.05, 0) is 23.1 Å². The van der Waals surface area contributed by atoms with Gasteiger partial charge in [0.1, 0.15) is 6.04 Å². The Balaban J connectivity index is 2.05. The summed E-state index contributed by atoms with van der Waals surface area (Å²) in [5, 5.41) is 12.9. The number of fused-ring (bicyclic) bond motifs is 1. The van der Waals surface area contributed by atoms with E-state index in [2.05, 4.69) is 0 Å². The molecule has 0 aliphatic carbocycles. The maximum atomic E-state index is 12.5. The minimum Gasteiger partial charge on any atom is -0.480 e.